The molecule has 33 heavy (non-hydrogen) atoms. The van der Waals surface area contributed by atoms with Crippen LogP contribution in [0.2, 0.25) is 0 Å². The maximum absolute atomic E-state index is 13.0. The number of rotatable bonds is 4. The molecule has 1 saturated heterocycles. The highest BCUT2D eigenvalue weighted by Crippen LogP contribution is 2.59. The Labute approximate surface area is 191 Å². The summed E-state index contributed by atoms with van der Waals surface area (Å²) in [6.07, 6.45) is 8.16. The Kier molecular flexibility index (Phi) is 4.57. The minimum Gasteiger partial charge on any atom is -0.361 e. The molecular formula is C26H25N5O2. The zero-order valence-corrected chi connectivity index (χ0v) is 18.2. The first-order valence-electron chi connectivity index (χ1n) is 11.4. The molecule has 0 bridgehead atoms. The molecule has 0 radical (unpaired) electrons. The number of carbonyl (C=O) groups is 2. The molecule has 1 spiro atoms. The summed E-state index contributed by atoms with van der Waals surface area (Å²) in [6.45, 7) is 1.40. The van der Waals surface area contributed by atoms with Crippen LogP contribution in [0.4, 0.5) is 5.69 Å². The first-order valence-corrected chi connectivity index (χ1v) is 11.4. The number of nitrogens with zero attached hydrogens (tertiary/aromatic N) is 3. The molecule has 2 N–H and O–H groups in total. The predicted molar refractivity (Wildman–Crippen MR) is 126 cm³/mol. The minimum absolute atomic E-state index is 0.0239. The summed E-state index contributed by atoms with van der Waals surface area (Å²) in [7, 11) is 0. The van der Waals surface area contributed by atoms with Crippen molar-refractivity contribution in [2.24, 2.45) is 11.3 Å². The number of carbonyl (C=O) groups excluding carboxylic acids is 2. The highest BCUT2D eigenvalue weighted by atomic mass is 16.2. The molecule has 166 valence electrons. The number of H-pyrrole nitrogens is 1. The number of aromatic nitrogens is 3. The van der Waals surface area contributed by atoms with Crippen LogP contribution in [0.3, 0.4) is 0 Å². The van der Waals surface area contributed by atoms with Crippen LogP contribution < -0.4 is 5.32 Å². The van der Waals surface area contributed by atoms with Gasteiger partial charge in [-0.15, -0.1) is 0 Å². The fourth-order valence-electron chi connectivity index (χ4n) is 5.14. The highest BCUT2D eigenvalue weighted by Gasteiger charge is 2.58. The molecule has 1 unspecified atom stereocenters. The van der Waals surface area contributed by atoms with E-state index in [-0.39, 0.29) is 23.1 Å². The zero-order chi connectivity index (χ0) is 22.4. The van der Waals surface area contributed by atoms with Crippen molar-refractivity contribution < 1.29 is 9.59 Å². The van der Waals surface area contributed by atoms with Crippen LogP contribution in [0.5, 0.6) is 0 Å². The Morgan fingerprint density at radius 2 is 1.88 bits per heavy atom. The number of hydrogen-bond acceptors (Lipinski definition) is 3. The van der Waals surface area contributed by atoms with E-state index in [1.165, 1.54) is 0 Å². The van der Waals surface area contributed by atoms with Gasteiger partial charge in [-0.1, -0.05) is 6.07 Å². The summed E-state index contributed by atoms with van der Waals surface area (Å²) in [5.74, 6) is 0.176. The Hall–Kier alpha value is -3.87. The van der Waals surface area contributed by atoms with Gasteiger partial charge < -0.3 is 15.2 Å². The van der Waals surface area contributed by atoms with Gasteiger partial charge in [0, 0.05) is 54.4 Å². The molecule has 7 nitrogen and oxygen atoms in total. The lowest BCUT2D eigenvalue weighted by Gasteiger charge is -2.33. The van der Waals surface area contributed by atoms with Gasteiger partial charge in [-0.25, -0.2) is 4.68 Å². The summed E-state index contributed by atoms with van der Waals surface area (Å²) in [5.41, 5.74) is 3.48. The van der Waals surface area contributed by atoms with Gasteiger partial charge in [0.25, 0.3) is 5.91 Å². The minimum atomic E-state index is 0.0239. The predicted octanol–water partition coefficient (Wildman–Crippen LogP) is 4.23. The monoisotopic (exact) mass is 439 g/mol. The largest absolute Gasteiger partial charge is 0.361 e. The topological polar surface area (TPSA) is 83.0 Å². The van der Waals surface area contributed by atoms with Gasteiger partial charge in [-0.2, -0.15) is 5.10 Å². The smallest absolute Gasteiger partial charge is 0.253 e. The fourth-order valence-corrected chi connectivity index (χ4v) is 5.14. The van der Waals surface area contributed by atoms with Gasteiger partial charge in [-0.05, 0) is 78.6 Å². The lowest BCUT2D eigenvalue weighted by molar-refractivity contribution is -0.118. The normalized spacial score (nSPS) is 19.0. The standard InChI is InChI=1S/C26H25N5O2/c32-24(29-20-4-6-21(7-5-20)31-13-1-11-28-31)22-17-26(22)9-14-30(15-10-26)25(33)19-3-2-18-8-12-27-23(18)16-19/h1-8,11-13,16,22,27H,9-10,14-15,17H2,(H,29,32). The number of anilines is 1. The van der Waals surface area contributed by atoms with E-state index in [2.05, 4.69) is 15.4 Å². The van der Waals surface area contributed by atoms with Crippen LogP contribution >= 0.6 is 0 Å². The number of piperidine rings is 1. The van der Waals surface area contributed by atoms with Gasteiger partial charge in [0.1, 0.15) is 0 Å². The average Bonchev–Trinajstić information content (AvgIpc) is 3.21. The van der Waals surface area contributed by atoms with E-state index in [4.69, 9.17) is 0 Å². The molecular weight excluding hydrogens is 414 g/mol. The van der Waals surface area contributed by atoms with Crippen molar-refractivity contribution in [1.82, 2.24) is 19.7 Å². The molecule has 2 aromatic carbocycles. The number of aromatic amines is 1. The molecule has 3 heterocycles. The van der Waals surface area contributed by atoms with Gasteiger partial charge in [0.05, 0.1) is 5.69 Å². The molecule has 1 aliphatic carbocycles. The first kappa shape index (κ1) is 19.8. The summed E-state index contributed by atoms with van der Waals surface area (Å²) >= 11 is 0. The fraction of sp³-hybridized carbons (Fsp3) is 0.269. The summed E-state index contributed by atoms with van der Waals surface area (Å²) in [5, 5.41) is 8.39. The van der Waals surface area contributed by atoms with E-state index in [0.717, 1.165) is 41.5 Å². The average molecular weight is 440 g/mol. The van der Waals surface area contributed by atoms with Crippen molar-refractivity contribution in [3.63, 3.8) is 0 Å². The van der Waals surface area contributed by atoms with Crippen LogP contribution in [0.15, 0.2) is 73.2 Å². The first-order chi connectivity index (χ1) is 16.1. The Balaban J connectivity index is 1.05. The van der Waals surface area contributed by atoms with E-state index in [1.54, 1.807) is 10.9 Å². The number of benzene rings is 2. The van der Waals surface area contributed by atoms with E-state index in [9.17, 15) is 9.59 Å². The second-order valence-corrected chi connectivity index (χ2v) is 9.18. The van der Waals surface area contributed by atoms with Crippen molar-refractivity contribution in [3.8, 4) is 5.69 Å². The summed E-state index contributed by atoms with van der Waals surface area (Å²) in [6, 6.07) is 17.4. The molecule has 1 aliphatic heterocycles. The molecule has 7 heteroatoms. The highest BCUT2D eigenvalue weighted by molar-refractivity contribution is 5.98. The Bertz CT molecular complexity index is 1310. The summed E-state index contributed by atoms with van der Waals surface area (Å²) in [4.78, 5) is 31.0. The van der Waals surface area contributed by atoms with Crippen LogP contribution in [-0.2, 0) is 4.79 Å². The van der Waals surface area contributed by atoms with E-state index in [1.807, 2.05) is 71.9 Å². The molecule has 2 amide bonds. The van der Waals surface area contributed by atoms with Gasteiger partial charge in [0.15, 0.2) is 0 Å². The zero-order valence-electron chi connectivity index (χ0n) is 18.2. The van der Waals surface area contributed by atoms with E-state index < -0.39 is 0 Å². The number of nitrogens with one attached hydrogen (secondary N) is 2. The molecule has 2 aliphatic rings. The van der Waals surface area contributed by atoms with Crippen LogP contribution in [0.25, 0.3) is 16.6 Å². The van der Waals surface area contributed by atoms with Crippen LogP contribution in [0, 0.1) is 11.3 Å². The van der Waals surface area contributed by atoms with Crippen molar-refractivity contribution in [2.75, 3.05) is 18.4 Å². The summed E-state index contributed by atoms with van der Waals surface area (Å²) < 4.78 is 1.78. The van der Waals surface area contributed by atoms with Crippen molar-refractivity contribution in [2.45, 2.75) is 19.3 Å². The maximum Gasteiger partial charge on any atom is 0.253 e. The lowest BCUT2D eigenvalue weighted by Crippen LogP contribution is -2.40. The van der Waals surface area contributed by atoms with Crippen molar-refractivity contribution in [1.29, 1.82) is 0 Å². The molecule has 2 fully saturated rings. The van der Waals surface area contributed by atoms with E-state index in [0.29, 0.717) is 18.7 Å². The molecule has 4 aromatic rings. The third-order valence-corrected chi connectivity index (χ3v) is 7.26. The Morgan fingerprint density at radius 1 is 1.06 bits per heavy atom. The second kappa shape index (κ2) is 7.62. The molecule has 1 saturated carbocycles. The van der Waals surface area contributed by atoms with Gasteiger partial charge >= 0.3 is 0 Å². The third-order valence-electron chi connectivity index (χ3n) is 7.26. The third kappa shape index (κ3) is 3.59. The van der Waals surface area contributed by atoms with Crippen LogP contribution in [-0.4, -0.2) is 44.6 Å². The van der Waals surface area contributed by atoms with E-state index >= 15 is 0 Å². The number of likely N-dealkylation sites (tertiary alicyclic amines) is 1. The molecule has 6 rings (SSSR count). The lowest BCUT2D eigenvalue weighted by atomic mass is 9.90. The number of hydrogen-bond donors (Lipinski definition) is 2. The molecule has 2 aromatic heterocycles. The van der Waals surface area contributed by atoms with Gasteiger partial charge in [0.2, 0.25) is 5.91 Å². The SMILES string of the molecule is O=C(Nc1ccc(-n2cccn2)cc1)C1CC12CCN(C(=O)c1ccc3cc[nH]c3c1)CC2. The Morgan fingerprint density at radius 3 is 2.64 bits per heavy atom. The number of amides is 2. The van der Waals surface area contributed by atoms with Crippen molar-refractivity contribution >= 4 is 28.4 Å². The van der Waals surface area contributed by atoms with Crippen LogP contribution in [0.1, 0.15) is 29.6 Å². The quantitative estimate of drug-likeness (QED) is 0.499. The van der Waals surface area contributed by atoms with Crippen molar-refractivity contribution in [3.05, 3.63) is 78.8 Å². The second-order valence-electron chi connectivity index (χ2n) is 9.18. The van der Waals surface area contributed by atoms with Gasteiger partial charge in [-0.3, -0.25) is 9.59 Å². The molecule has 1 atom stereocenters. The number of fused-ring (bicyclic) bond motifs is 1. The maximum atomic E-state index is 13.0.